The number of aromatic carboxylic acids is 1. The van der Waals surface area contributed by atoms with Crippen molar-refractivity contribution in [3.05, 3.63) is 82.2 Å². The zero-order valence-electron chi connectivity index (χ0n) is 19.6. The van der Waals surface area contributed by atoms with Crippen molar-refractivity contribution >= 4 is 46.9 Å². The summed E-state index contributed by atoms with van der Waals surface area (Å²) in [6.45, 7) is 5.62. The molecule has 1 aliphatic rings. The molecule has 178 valence electrons. The first-order valence-electron chi connectivity index (χ1n) is 10.7. The number of anilines is 1. The van der Waals surface area contributed by atoms with E-state index in [1.807, 2.05) is 31.4 Å². The van der Waals surface area contributed by atoms with E-state index in [4.69, 9.17) is 17.0 Å². The number of hydrogen-bond acceptors (Lipinski definition) is 5. The molecule has 4 rings (SSSR count). The highest BCUT2D eigenvalue weighted by Crippen LogP contribution is 2.28. The average molecular weight is 490 g/mol. The van der Waals surface area contributed by atoms with E-state index in [2.05, 4.69) is 5.32 Å². The summed E-state index contributed by atoms with van der Waals surface area (Å²) in [7, 11) is 1.54. The maximum Gasteiger partial charge on any atom is 0.335 e. The number of benzene rings is 2. The number of nitrogens with one attached hydrogen (secondary N) is 1. The third kappa shape index (κ3) is 4.33. The van der Waals surface area contributed by atoms with Gasteiger partial charge in [-0.05, 0) is 92.7 Å². The third-order valence-corrected chi connectivity index (χ3v) is 6.18. The molecule has 0 unspecified atom stereocenters. The highest BCUT2D eigenvalue weighted by molar-refractivity contribution is 7.80. The van der Waals surface area contributed by atoms with Crippen molar-refractivity contribution < 1.29 is 24.2 Å². The van der Waals surface area contributed by atoms with Gasteiger partial charge in [-0.25, -0.2) is 4.79 Å². The minimum absolute atomic E-state index is 0.00565. The highest BCUT2D eigenvalue weighted by atomic mass is 32.1. The number of carbonyl (C=O) groups is 3. The minimum atomic E-state index is -1.02. The summed E-state index contributed by atoms with van der Waals surface area (Å²) < 4.78 is 7.08. The summed E-state index contributed by atoms with van der Waals surface area (Å²) in [5, 5.41) is 12.0. The molecule has 0 aliphatic carbocycles. The van der Waals surface area contributed by atoms with Crippen molar-refractivity contribution in [1.29, 1.82) is 0 Å². The Labute approximate surface area is 207 Å². The number of methoxy groups -OCH3 is 1. The van der Waals surface area contributed by atoms with Gasteiger partial charge in [0.2, 0.25) is 0 Å². The Balaban J connectivity index is 1.77. The number of carboxylic acid groups (broad SMARTS) is 1. The number of aromatic nitrogens is 1. The van der Waals surface area contributed by atoms with Crippen LogP contribution in [-0.2, 0) is 9.59 Å². The molecule has 1 aromatic heterocycles. The number of thiocarbonyl (C=S) groups is 1. The molecular weight excluding hydrogens is 466 g/mol. The lowest BCUT2D eigenvalue weighted by Gasteiger charge is -2.29. The fraction of sp³-hybridized carbons (Fsp3) is 0.154. The Hall–Kier alpha value is -4.24. The second-order valence-electron chi connectivity index (χ2n) is 8.12. The number of carboxylic acids is 1. The maximum atomic E-state index is 13.4. The van der Waals surface area contributed by atoms with E-state index in [1.165, 1.54) is 11.0 Å². The quantitative estimate of drug-likeness (QED) is 0.320. The van der Waals surface area contributed by atoms with Crippen molar-refractivity contribution in [3.8, 4) is 11.4 Å². The number of aryl methyl sites for hydroxylation is 2. The van der Waals surface area contributed by atoms with Gasteiger partial charge in [-0.15, -0.1) is 0 Å². The number of hydrogen-bond donors (Lipinski definition) is 2. The second-order valence-corrected chi connectivity index (χ2v) is 8.51. The topological polar surface area (TPSA) is 101 Å². The van der Waals surface area contributed by atoms with Gasteiger partial charge in [-0.2, -0.15) is 0 Å². The van der Waals surface area contributed by atoms with E-state index in [-0.39, 0.29) is 16.2 Å². The third-order valence-electron chi connectivity index (χ3n) is 5.90. The van der Waals surface area contributed by atoms with Crippen LogP contribution in [-0.4, -0.2) is 39.7 Å². The van der Waals surface area contributed by atoms with Crippen LogP contribution in [0.2, 0.25) is 0 Å². The lowest BCUT2D eigenvalue weighted by Crippen LogP contribution is -2.54. The molecule has 0 spiro atoms. The van der Waals surface area contributed by atoms with Crippen molar-refractivity contribution in [2.24, 2.45) is 0 Å². The molecule has 2 aromatic carbocycles. The van der Waals surface area contributed by atoms with Crippen LogP contribution in [0, 0.1) is 20.8 Å². The summed E-state index contributed by atoms with van der Waals surface area (Å²) in [4.78, 5) is 38.9. The molecule has 2 heterocycles. The zero-order valence-corrected chi connectivity index (χ0v) is 20.4. The van der Waals surface area contributed by atoms with Gasteiger partial charge < -0.3 is 14.4 Å². The van der Waals surface area contributed by atoms with E-state index in [0.717, 1.165) is 17.0 Å². The molecular formula is C26H23N3O5S. The molecule has 0 radical (unpaired) electrons. The fourth-order valence-electron chi connectivity index (χ4n) is 4.07. The molecule has 0 saturated carbocycles. The minimum Gasteiger partial charge on any atom is -0.497 e. The molecule has 2 amide bonds. The van der Waals surface area contributed by atoms with Crippen LogP contribution in [0.5, 0.6) is 5.75 Å². The molecule has 1 saturated heterocycles. The predicted molar refractivity (Wildman–Crippen MR) is 136 cm³/mol. The van der Waals surface area contributed by atoms with Crippen molar-refractivity contribution in [2.75, 3.05) is 12.0 Å². The summed E-state index contributed by atoms with van der Waals surface area (Å²) in [6.07, 6.45) is 1.53. The summed E-state index contributed by atoms with van der Waals surface area (Å²) >= 11 is 5.27. The Morgan fingerprint density at radius 3 is 2.37 bits per heavy atom. The molecule has 0 atom stereocenters. The van der Waals surface area contributed by atoms with Gasteiger partial charge >= 0.3 is 5.97 Å². The Bertz CT molecular complexity index is 1420. The van der Waals surface area contributed by atoms with E-state index in [0.29, 0.717) is 22.7 Å². The van der Waals surface area contributed by atoms with Gasteiger partial charge in [0, 0.05) is 17.1 Å². The zero-order chi connectivity index (χ0) is 25.4. The van der Waals surface area contributed by atoms with Crippen LogP contribution in [0.1, 0.15) is 32.9 Å². The molecule has 3 aromatic rings. The smallest absolute Gasteiger partial charge is 0.335 e. The van der Waals surface area contributed by atoms with Gasteiger partial charge in [0.15, 0.2) is 5.11 Å². The van der Waals surface area contributed by atoms with Crippen LogP contribution in [0.3, 0.4) is 0 Å². The van der Waals surface area contributed by atoms with Crippen LogP contribution in [0.15, 0.2) is 54.1 Å². The summed E-state index contributed by atoms with van der Waals surface area (Å²) in [5.41, 5.74) is 4.44. The van der Waals surface area contributed by atoms with Crippen LogP contribution >= 0.6 is 12.2 Å². The average Bonchev–Trinajstić information content (AvgIpc) is 3.09. The lowest BCUT2D eigenvalue weighted by atomic mass is 10.1. The van der Waals surface area contributed by atoms with Crippen molar-refractivity contribution in [3.63, 3.8) is 0 Å². The largest absolute Gasteiger partial charge is 0.497 e. The first-order chi connectivity index (χ1) is 16.6. The van der Waals surface area contributed by atoms with Crippen molar-refractivity contribution in [2.45, 2.75) is 20.8 Å². The SMILES string of the molecule is COc1ccc(N2C(=O)/C(=C/c3cc(C)n(-c4cc(C(=O)O)ccc4C)c3C)C(=O)NC2=S)cc1. The molecule has 9 heteroatoms. The van der Waals surface area contributed by atoms with E-state index < -0.39 is 17.8 Å². The van der Waals surface area contributed by atoms with E-state index in [9.17, 15) is 19.5 Å². The van der Waals surface area contributed by atoms with Crippen molar-refractivity contribution in [1.82, 2.24) is 9.88 Å². The Kier molecular flexibility index (Phi) is 6.27. The monoisotopic (exact) mass is 489 g/mol. The Morgan fingerprint density at radius 2 is 1.74 bits per heavy atom. The van der Waals surface area contributed by atoms with E-state index in [1.54, 1.807) is 49.6 Å². The molecule has 8 nitrogen and oxygen atoms in total. The van der Waals surface area contributed by atoms with Crippen LogP contribution < -0.4 is 15.0 Å². The number of nitrogens with zero attached hydrogens (tertiary/aromatic N) is 2. The molecule has 2 N–H and O–H groups in total. The summed E-state index contributed by atoms with van der Waals surface area (Å²) in [5.74, 6) is -1.52. The molecule has 35 heavy (non-hydrogen) atoms. The first kappa shape index (κ1) is 23.9. The van der Waals surface area contributed by atoms with E-state index >= 15 is 0 Å². The Morgan fingerprint density at radius 1 is 1.06 bits per heavy atom. The van der Waals surface area contributed by atoms with Crippen LogP contribution in [0.25, 0.3) is 11.8 Å². The predicted octanol–water partition coefficient (Wildman–Crippen LogP) is 3.94. The fourth-order valence-corrected chi connectivity index (χ4v) is 4.35. The number of carbonyl (C=O) groups excluding carboxylic acids is 2. The number of ether oxygens (including phenoxy) is 1. The van der Waals surface area contributed by atoms with Gasteiger partial charge in [0.1, 0.15) is 11.3 Å². The van der Waals surface area contributed by atoms with Gasteiger partial charge in [-0.1, -0.05) is 6.07 Å². The standard InChI is InChI=1S/C26H23N3O5S/c1-14-5-6-17(25(32)33)13-22(14)28-15(2)11-18(16(28)3)12-21-23(30)27-26(35)29(24(21)31)19-7-9-20(34-4)10-8-19/h5-13H,1-4H3,(H,32,33)(H,27,30,35)/b21-12+. The maximum absolute atomic E-state index is 13.4. The number of rotatable bonds is 5. The van der Waals surface area contributed by atoms with Gasteiger partial charge in [0.25, 0.3) is 11.8 Å². The normalized spacial score (nSPS) is 14.9. The summed E-state index contributed by atoms with van der Waals surface area (Å²) in [6, 6.07) is 13.5. The highest BCUT2D eigenvalue weighted by Gasteiger charge is 2.34. The van der Waals surface area contributed by atoms with Gasteiger partial charge in [-0.3, -0.25) is 19.8 Å². The first-order valence-corrected chi connectivity index (χ1v) is 11.1. The molecule has 0 bridgehead atoms. The molecule has 1 fully saturated rings. The second kappa shape index (κ2) is 9.19. The van der Waals surface area contributed by atoms with Gasteiger partial charge in [0.05, 0.1) is 18.4 Å². The lowest BCUT2D eigenvalue weighted by molar-refractivity contribution is -0.122. The van der Waals surface area contributed by atoms with Crippen LogP contribution in [0.4, 0.5) is 5.69 Å². The number of amides is 2. The molecule has 1 aliphatic heterocycles.